The lowest BCUT2D eigenvalue weighted by Gasteiger charge is -2.39. The van der Waals surface area contributed by atoms with E-state index in [1.165, 1.54) is 0 Å². The minimum atomic E-state index is -1.11. The van der Waals surface area contributed by atoms with Crippen molar-refractivity contribution in [2.75, 3.05) is 26.9 Å². The van der Waals surface area contributed by atoms with Gasteiger partial charge in [0.25, 0.3) is 0 Å². The van der Waals surface area contributed by atoms with Crippen LogP contribution >= 0.6 is 27.7 Å². The van der Waals surface area contributed by atoms with Crippen LogP contribution in [0.25, 0.3) is 10.9 Å². The Morgan fingerprint density at radius 2 is 1.64 bits per heavy atom. The molecule has 4 rings (SSSR count). The highest BCUT2D eigenvalue weighted by Gasteiger charge is 2.41. The number of benzene rings is 3. The third-order valence-corrected chi connectivity index (χ3v) is 7.31. The van der Waals surface area contributed by atoms with Crippen molar-refractivity contribution >= 4 is 38.6 Å². The van der Waals surface area contributed by atoms with Crippen molar-refractivity contribution in [2.24, 2.45) is 0 Å². The molecule has 1 heterocycles. The molecule has 1 N–H and O–H groups in total. The highest BCUT2D eigenvalue weighted by atomic mass is 79.9. The number of thioether (sulfide) groups is 1. The maximum Gasteiger partial charge on any atom is 0.102 e. The van der Waals surface area contributed by atoms with E-state index >= 15 is 0 Å². The SMILES string of the molecule is CSc1nc2ccc(Br)cc2cc1[C@H](c1ccccc1)[C@](O)(CCN(C)C)c1ccccc1. The van der Waals surface area contributed by atoms with E-state index < -0.39 is 5.60 Å². The quantitative estimate of drug-likeness (QED) is 0.262. The lowest BCUT2D eigenvalue weighted by Crippen LogP contribution is -2.37. The maximum absolute atomic E-state index is 12.6. The summed E-state index contributed by atoms with van der Waals surface area (Å²) in [4.78, 5) is 7.13. The molecule has 0 saturated carbocycles. The average Bonchev–Trinajstić information content (AvgIpc) is 2.83. The molecule has 0 saturated heterocycles. The molecule has 0 fully saturated rings. The Morgan fingerprint density at radius 3 is 2.27 bits per heavy atom. The molecule has 3 nitrogen and oxygen atoms in total. The summed E-state index contributed by atoms with van der Waals surface area (Å²) in [6.07, 6.45) is 2.65. The van der Waals surface area contributed by atoms with Crippen molar-refractivity contribution in [1.82, 2.24) is 9.88 Å². The summed E-state index contributed by atoms with van der Waals surface area (Å²) < 4.78 is 1.02. The molecular weight excluding hydrogens is 492 g/mol. The van der Waals surface area contributed by atoms with Gasteiger partial charge in [-0.1, -0.05) is 76.6 Å². The second-order valence-electron chi connectivity index (χ2n) is 8.61. The number of hydrogen-bond acceptors (Lipinski definition) is 4. The first kappa shape index (κ1) is 24.0. The third kappa shape index (κ3) is 5.17. The van der Waals surface area contributed by atoms with E-state index in [1.54, 1.807) is 11.8 Å². The fourth-order valence-electron chi connectivity index (χ4n) is 4.45. The van der Waals surface area contributed by atoms with E-state index in [-0.39, 0.29) is 5.92 Å². The predicted molar refractivity (Wildman–Crippen MR) is 143 cm³/mol. The number of aliphatic hydroxyl groups is 1. The first-order valence-corrected chi connectivity index (χ1v) is 13.1. The van der Waals surface area contributed by atoms with Gasteiger partial charge in [-0.05, 0) is 67.7 Å². The Hall–Kier alpha value is -2.18. The largest absolute Gasteiger partial charge is 0.384 e. The summed E-state index contributed by atoms with van der Waals surface area (Å²) in [7, 11) is 4.09. The maximum atomic E-state index is 12.6. The molecule has 0 bridgehead atoms. The van der Waals surface area contributed by atoms with Crippen molar-refractivity contribution < 1.29 is 5.11 Å². The highest BCUT2D eigenvalue weighted by Crippen LogP contribution is 2.47. The molecular formula is C28H29BrN2OS. The van der Waals surface area contributed by atoms with E-state index in [2.05, 4.69) is 51.4 Å². The first-order valence-electron chi connectivity index (χ1n) is 11.0. The fourth-order valence-corrected chi connectivity index (χ4v) is 5.43. The van der Waals surface area contributed by atoms with Gasteiger partial charge in [-0.2, -0.15) is 0 Å². The van der Waals surface area contributed by atoms with Crippen LogP contribution < -0.4 is 0 Å². The molecule has 170 valence electrons. The third-order valence-electron chi connectivity index (χ3n) is 6.10. The van der Waals surface area contributed by atoms with Crippen molar-refractivity contribution in [3.63, 3.8) is 0 Å². The van der Waals surface area contributed by atoms with Gasteiger partial charge in [0.2, 0.25) is 0 Å². The van der Waals surface area contributed by atoms with Gasteiger partial charge in [-0.3, -0.25) is 0 Å². The zero-order chi connectivity index (χ0) is 23.4. The van der Waals surface area contributed by atoms with Gasteiger partial charge in [0.15, 0.2) is 0 Å². The summed E-state index contributed by atoms with van der Waals surface area (Å²) in [6, 6.07) is 28.8. The summed E-state index contributed by atoms with van der Waals surface area (Å²) in [5.74, 6) is -0.278. The van der Waals surface area contributed by atoms with E-state index in [0.717, 1.165) is 43.6 Å². The molecule has 0 unspecified atom stereocenters. The van der Waals surface area contributed by atoms with Gasteiger partial charge >= 0.3 is 0 Å². The monoisotopic (exact) mass is 520 g/mol. The normalized spacial score (nSPS) is 14.4. The van der Waals surface area contributed by atoms with Crippen LogP contribution in [0.15, 0.2) is 94.4 Å². The van der Waals surface area contributed by atoms with Gasteiger partial charge in [-0.15, -0.1) is 11.8 Å². The van der Waals surface area contributed by atoms with Crippen LogP contribution in [0.4, 0.5) is 0 Å². The Labute approximate surface area is 209 Å². The summed E-state index contributed by atoms with van der Waals surface area (Å²) in [5, 5.41) is 14.6. The van der Waals surface area contributed by atoms with Gasteiger partial charge in [-0.25, -0.2) is 4.98 Å². The van der Waals surface area contributed by atoms with Crippen LogP contribution in [0.2, 0.25) is 0 Å². The molecule has 0 amide bonds. The van der Waals surface area contributed by atoms with Crippen molar-refractivity contribution in [1.29, 1.82) is 0 Å². The van der Waals surface area contributed by atoms with Crippen LogP contribution in [0.5, 0.6) is 0 Å². The van der Waals surface area contributed by atoms with Crippen molar-refractivity contribution in [3.05, 3.63) is 106 Å². The minimum absolute atomic E-state index is 0.278. The van der Waals surface area contributed by atoms with E-state index in [4.69, 9.17) is 4.98 Å². The van der Waals surface area contributed by atoms with E-state index in [0.29, 0.717) is 6.42 Å². The number of fused-ring (bicyclic) bond motifs is 1. The molecule has 2 atom stereocenters. The van der Waals surface area contributed by atoms with Crippen molar-refractivity contribution in [2.45, 2.75) is 23.0 Å². The molecule has 1 aromatic heterocycles. The molecule has 5 heteroatoms. The lowest BCUT2D eigenvalue weighted by molar-refractivity contribution is 0.00372. The van der Waals surface area contributed by atoms with Crippen LogP contribution in [0.1, 0.15) is 29.0 Å². The molecule has 0 aliphatic rings. The molecule has 0 aliphatic heterocycles. The Kier molecular flexibility index (Phi) is 7.55. The number of hydrogen-bond donors (Lipinski definition) is 1. The molecule has 0 aliphatic carbocycles. The zero-order valence-electron chi connectivity index (χ0n) is 19.2. The summed E-state index contributed by atoms with van der Waals surface area (Å²) >= 11 is 5.23. The number of halogens is 1. The highest BCUT2D eigenvalue weighted by molar-refractivity contribution is 9.10. The van der Waals surface area contributed by atoms with Gasteiger partial charge in [0, 0.05) is 22.3 Å². The molecule has 33 heavy (non-hydrogen) atoms. The smallest absolute Gasteiger partial charge is 0.102 e. The standard InChI is InChI=1S/C28H29BrN2OS/c1-31(2)17-16-28(32,22-12-8-5-9-13-22)26(20-10-6-4-7-11-20)24-19-21-18-23(29)14-15-25(21)30-27(24)33-3/h4-15,18-19,26,32H,16-17H2,1-3H3/t26-,28-/m0/s1. The average molecular weight is 522 g/mol. The minimum Gasteiger partial charge on any atom is -0.384 e. The Morgan fingerprint density at radius 1 is 0.970 bits per heavy atom. The van der Waals surface area contributed by atoms with Crippen LogP contribution in [0.3, 0.4) is 0 Å². The number of aromatic nitrogens is 1. The predicted octanol–water partition coefficient (Wildman–Crippen LogP) is 6.69. The number of rotatable bonds is 8. The number of pyridine rings is 1. The van der Waals surface area contributed by atoms with Gasteiger partial charge in [0.1, 0.15) is 10.6 Å². The Bertz CT molecular complexity index is 1220. The van der Waals surface area contributed by atoms with Crippen LogP contribution in [-0.4, -0.2) is 41.9 Å². The van der Waals surface area contributed by atoms with E-state index in [9.17, 15) is 5.11 Å². The summed E-state index contributed by atoms with van der Waals surface area (Å²) in [6.45, 7) is 0.760. The zero-order valence-corrected chi connectivity index (χ0v) is 21.6. The van der Waals surface area contributed by atoms with Crippen LogP contribution in [0, 0.1) is 0 Å². The van der Waals surface area contributed by atoms with Crippen LogP contribution in [-0.2, 0) is 5.60 Å². The fraction of sp³-hybridized carbons (Fsp3) is 0.250. The van der Waals surface area contributed by atoms with Gasteiger partial charge < -0.3 is 10.0 Å². The first-order chi connectivity index (χ1) is 15.9. The molecule has 4 aromatic rings. The molecule has 3 aromatic carbocycles. The topological polar surface area (TPSA) is 36.4 Å². The Balaban J connectivity index is 2.00. The lowest BCUT2D eigenvalue weighted by atomic mass is 9.72. The van der Waals surface area contributed by atoms with Crippen molar-refractivity contribution in [3.8, 4) is 0 Å². The van der Waals surface area contributed by atoms with Gasteiger partial charge in [0.05, 0.1) is 5.52 Å². The number of nitrogens with zero attached hydrogens (tertiary/aromatic N) is 2. The second kappa shape index (κ2) is 10.4. The second-order valence-corrected chi connectivity index (χ2v) is 10.3. The molecule has 0 spiro atoms. The summed E-state index contributed by atoms with van der Waals surface area (Å²) in [5.41, 5.74) is 2.88. The van der Waals surface area contributed by atoms with E-state index in [1.807, 2.05) is 74.8 Å². The molecule has 0 radical (unpaired) electrons.